The van der Waals surface area contributed by atoms with Crippen LogP contribution in [0.4, 0.5) is 0 Å². The lowest BCUT2D eigenvalue weighted by Crippen LogP contribution is -2.44. The molecule has 0 radical (unpaired) electrons. The summed E-state index contributed by atoms with van der Waals surface area (Å²) in [7, 11) is 0. The Kier molecular flexibility index (Phi) is 6.63. The molecule has 2 aromatic rings. The first-order valence-electron chi connectivity index (χ1n) is 11.3. The summed E-state index contributed by atoms with van der Waals surface area (Å²) >= 11 is 0. The summed E-state index contributed by atoms with van der Waals surface area (Å²) in [6.07, 6.45) is 5.87. The lowest BCUT2D eigenvalue weighted by molar-refractivity contribution is -0.122. The molecule has 0 bridgehead atoms. The number of aryl methyl sites for hydroxylation is 3. The smallest absolute Gasteiger partial charge is 0.220 e. The van der Waals surface area contributed by atoms with E-state index < -0.39 is 0 Å². The molecule has 1 aliphatic carbocycles. The van der Waals surface area contributed by atoms with Gasteiger partial charge in [0.2, 0.25) is 5.91 Å². The first-order valence-corrected chi connectivity index (χ1v) is 11.3. The zero-order chi connectivity index (χ0) is 20.9. The molecule has 0 saturated carbocycles. The van der Waals surface area contributed by atoms with Crippen molar-refractivity contribution in [3.8, 4) is 0 Å². The second-order valence-corrected chi connectivity index (χ2v) is 8.87. The molecule has 1 fully saturated rings. The van der Waals surface area contributed by atoms with Gasteiger partial charge < -0.3 is 5.32 Å². The van der Waals surface area contributed by atoms with Crippen molar-refractivity contribution in [3.63, 3.8) is 0 Å². The SMILES string of the molecule is Cc1cccc(CN2CCC(NC(=O)CCC(=O)c3ccc4c(c3)CCC4)CC2)c1. The van der Waals surface area contributed by atoms with Crippen molar-refractivity contribution in [1.82, 2.24) is 10.2 Å². The molecule has 1 aliphatic heterocycles. The zero-order valence-corrected chi connectivity index (χ0v) is 18.0. The van der Waals surface area contributed by atoms with Crippen LogP contribution in [0.2, 0.25) is 0 Å². The van der Waals surface area contributed by atoms with Gasteiger partial charge in [-0.15, -0.1) is 0 Å². The Morgan fingerprint density at radius 2 is 1.80 bits per heavy atom. The van der Waals surface area contributed by atoms with Crippen LogP contribution in [0.15, 0.2) is 42.5 Å². The second kappa shape index (κ2) is 9.57. The number of nitrogens with zero attached hydrogens (tertiary/aromatic N) is 1. The van der Waals surface area contributed by atoms with Crippen LogP contribution in [0.5, 0.6) is 0 Å². The Bertz CT molecular complexity index is 913. The van der Waals surface area contributed by atoms with E-state index in [9.17, 15) is 9.59 Å². The number of likely N-dealkylation sites (tertiary alicyclic amines) is 1. The average Bonchev–Trinajstić information content (AvgIpc) is 3.21. The Balaban J connectivity index is 1.18. The van der Waals surface area contributed by atoms with Crippen LogP contribution >= 0.6 is 0 Å². The third kappa shape index (κ3) is 5.37. The fourth-order valence-corrected chi connectivity index (χ4v) is 4.72. The van der Waals surface area contributed by atoms with Crippen LogP contribution < -0.4 is 5.32 Å². The number of piperidine rings is 1. The van der Waals surface area contributed by atoms with Gasteiger partial charge in [0.1, 0.15) is 0 Å². The normalized spacial score (nSPS) is 17.0. The standard InChI is InChI=1S/C26H32N2O2/c1-19-4-2-5-20(16-19)18-28-14-12-24(13-15-28)27-26(30)11-10-25(29)23-9-8-21-6-3-7-22(21)17-23/h2,4-5,8-9,16-17,24H,3,6-7,10-15,18H2,1H3,(H,27,30). The lowest BCUT2D eigenvalue weighted by Gasteiger charge is -2.32. The van der Waals surface area contributed by atoms with Crippen molar-refractivity contribution in [1.29, 1.82) is 0 Å². The predicted octanol–water partition coefficient (Wildman–Crippen LogP) is 4.23. The molecule has 4 heteroatoms. The summed E-state index contributed by atoms with van der Waals surface area (Å²) in [6, 6.07) is 14.9. The molecule has 1 heterocycles. The molecular formula is C26H32N2O2. The maximum atomic E-state index is 12.5. The highest BCUT2D eigenvalue weighted by atomic mass is 16.2. The zero-order valence-electron chi connectivity index (χ0n) is 18.0. The highest BCUT2D eigenvalue weighted by Crippen LogP contribution is 2.23. The van der Waals surface area contributed by atoms with Gasteiger partial charge >= 0.3 is 0 Å². The molecule has 1 amide bonds. The minimum absolute atomic E-state index is 0.00152. The number of benzene rings is 2. The van der Waals surface area contributed by atoms with Crippen molar-refractivity contribution in [3.05, 3.63) is 70.3 Å². The van der Waals surface area contributed by atoms with E-state index in [1.54, 1.807) is 0 Å². The largest absolute Gasteiger partial charge is 0.353 e. The Morgan fingerprint density at radius 3 is 2.60 bits per heavy atom. The number of fused-ring (bicyclic) bond motifs is 1. The van der Waals surface area contributed by atoms with Gasteiger partial charge in [0.05, 0.1) is 0 Å². The Labute approximate surface area is 179 Å². The number of hydrogen-bond donors (Lipinski definition) is 1. The lowest BCUT2D eigenvalue weighted by atomic mass is 10.0. The van der Waals surface area contributed by atoms with Crippen molar-refractivity contribution >= 4 is 11.7 Å². The van der Waals surface area contributed by atoms with Gasteiger partial charge in [0.25, 0.3) is 0 Å². The number of carbonyl (C=O) groups excluding carboxylic acids is 2. The van der Waals surface area contributed by atoms with Gasteiger partial charge in [-0.05, 0) is 61.8 Å². The van der Waals surface area contributed by atoms with Crippen molar-refractivity contribution in [2.75, 3.05) is 13.1 Å². The fourth-order valence-electron chi connectivity index (χ4n) is 4.72. The van der Waals surface area contributed by atoms with Gasteiger partial charge in [0, 0.05) is 44.1 Å². The van der Waals surface area contributed by atoms with Gasteiger partial charge in [-0.1, -0.05) is 42.0 Å². The van der Waals surface area contributed by atoms with E-state index in [4.69, 9.17) is 0 Å². The monoisotopic (exact) mass is 404 g/mol. The van der Waals surface area contributed by atoms with E-state index in [1.807, 2.05) is 12.1 Å². The summed E-state index contributed by atoms with van der Waals surface area (Å²) in [5.74, 6) is 0.0782. The number of nitrogens with one attached hydrogen (secondary N) is 1. The number of hydrogen-bond acceptors (Lipinski definition) is 3. The topological polar surface area (TPSA) is 49.4 Å². The number of Topliss-reactive ketones (excluding diaryl/α,β-unsaturated/α-hetero) is 1. The molecule has 0 aromatic heterocycles. The quantitative estimate of drug-likeness (QED) is 0.703. The van der Waals surface area contributed by atoms with Crippen LogP contribution in [0.1, 0.15) is 64.7 Å². The minimum Gasteiger partial charge on any atom is -0.353 e. The molecule has 30 heavy (non-hydrogen) atoms. The van der Waals surface area contributed by atoms with Crippen LogP contribution in [0.3, 0.4) is 0 Å². The van der Waals surface area contributed by atoms with E-state index in [0.29, 0.717) is 0 Å². The maximum absolute atomic E-state index is 12.5. The van der Waals surface area contributed by atoms with Crippen molar-refractivity contribution < 1.29 is 9.59 Å². The van der Waals surface area contributed by atoms with Gasteiger partial charge in [0.15, 0.2) is 5.78 Å². The molecule has 2 aromatic carbocycles. The fraction of sp³-hybridized carbons (Fsp3) is 0.462. The molecule has 1 saturated heterocycles. The highest BCUT2D eigenvalue weighted by Gasteiger charge is 2.21. The van der Waals surface area contributed by atoms with Crippen molar-refractivity contribution in [2.24, 2.45) is 0 Å². The molecule has 0 unspecified atom stereocenters. The Morgan fingerprint density at radius 1 is 1.00 bits per heavy atom. The summed E-state index contributed by atoms with van der Waals surface area (Å²) in [5.41, 5.74) is 6.08. The molecule has 0 spiro atoms. The third-order valence-corrected chi connectivity index (χ3v) is 6.44. The van der Waals surface area contributed by atoms with Crippen molar-refractivity contribution in [2.45, 2.75) is 64.5 Å². The van der Waals surface area contributed by atoms with Gasteiger partial charge in [-0.3, -0.25) is 14.5 Å². The second-order valence-electron chi connectivity index (χ2n) is 8.87. The number of carbonyl (C=O) groups is 2. The summed E-state index contributed by atoms with van der Waals surface area (Å²) in [5, 5.41) is 3.14. The molecule has 1 N–H and O–H groups in total. The Hall–Kier alpha value is -2.46. The first-order chi connectivity index (χ1) is 14.6. The molecule has 4 rings (SSSR count). The summed E-state index contributed by atoms with van der Waals surface area (Å²) in [4.78, 5) is 27.3. The molecule has 2 aliphatic rings. The molecule has 4 nitrogen and oxygen atoms in total. The molecular weight excluding hydrogens is 372 g/mol. The van der Waals surface area contributed by atoms with Crippen LogP contribution in [0, 0.1) is 6.92 Å². The predicted molar refractivity (Wildman–Crippen MR) is 120 cm³/mol. The molecule has 0 atom stereocenters. The summed E-state index contributed by atoms with van der Waals surface area (Å²) < 4.78 is 0. The van der Waals surface area contributed by atoms with Crippen LogP contribution in [0.25, 0.3) is 0 Å². The maximum Gasteiger partial charge on any atom is 0.220 e. The van der Waals surface area contributed by atoms with E-state index in [0.717, 1.165) is 50.9 Å². The van der Waals surface area contributed by atoms with Crippen LogP contribution in [-0.2, 0) is 24.2 Å². The first kappa shape index (κ1) is 20.8. The third-order valence-electron chi connectivity index (χ3n) is 6.44. The number of ketones is 1. The number of rotatable bonds is 7. The molecule has 158 valence electrons. The number of amides is 1. The van der Waals surface area contributed by atoms with E-state index >= 15 is 0 Å². The minimum atomic E-state index is 0.00152. The average molecular weight is 405 g/mol. The van der Waals surface area contributed by atoms with Gasteiger partial charge in [-0.2, -0.15) is 0 Å². The van der Waals surface area contributed by atoms with Crippen LogP contribution in [-0.4, -0.2) is 35.7 Å². The van der Waals surface area contributed by atoms with Gasteiger partial charge in [-0.25, -0.2) is 0 Å². The van der Waals surface area contributed by atoms with E-state index in [2.05, 4.69) is 47.5 Å². The van der Waals surface area contributed by atoms with E-state index in [1.165, 1.54) is 28.7 Å². The highest BCUT2D eigenvalue weighted by molar-refractivity contribution is 5.98. The van der Waals surface area contributed by atoms with E-state index in [-0.39, 0.29) is 30.6 Å². The summed E-state index contributed by atoms with van der Waals surface area (Å²) in [6.45, 7) is 5.08.